The molecule has 20 heavy (non-hydrogen) atoms. The van der Waals surface area contributed by atoms with Crippen molar-refractivity contribution in [3.63, 3.8) is 0 Å². The topological polar surface area (TPSA) is 54.5 Å². The molecule has 0 unspecified atom stereocenters. The van der Waals surface area contributed by atoms with Gasteiger partial charge in [0.1, 0.15) is 17.1 Å². The van der Waals surface area contributed by atoms with E-state index in [9.17, 15) is 5.26 Å². The second kappa shape index (κ2) is 5.16. The monoisotopic (exact) mass is 280 g/mol. The van der Waals surface area contributed by atoms with Crippen LogP contribution in [0.2, 0.25) is 5.02 Å². The molecule has 0 saturated heterocycles. The first-order valence-corrected chi connectivity index (χ1v) is 6.34. The third-order valence-corrected chi connectivity index (χ3v) is 3.04. The minimum atomic E-state index is 0.350. The number of benzene rings is 2. The minimum absolute atomic E-state index is 0.350. The zero-order valence-electron chi connectivity index (χ0n) is 10.4. The molecule has 4 nitrogen and oxygen atoms in total. The Hall–Kier alpha value is -2.64. The molecule has 1 aromatic heterocycles. The van der Waals surface area contributed by atoms with Crippen molar-refractivity contribution in [2.24, 2.45) is 0 Å². The maximum absolute atomic E-state index is 9.28. The van der Waals surface area contributed by atoms with Gasteiger partial charge >= 0.3 is 0 Å². The number of halogens is 1. The number of hydrogen-bond donors (Lipinski definition) is 0. The number of aromatic nitrogens is 3. The lowest BCUT2D eigenvalue weighted by molar-refractivity contribution is 0.796. The third-order valence-electron chi connectivity index (χ3n) is 2.79. The lowest BCUT2D eigenvalue weighted by atomic mass is 10.2. The summed E-state index contributed by atoms with van der Waals surface area (Å²) in [6.45, 7) is 0. The molecule has 96 valence electrons. The van der Waals surface area contributed by atoms with E-state index in [4.69, 9.17) is 11.6 Å². The highest BCUT2D eigenvalue weighted by molar-refractivity contribution is 6.30. The first kappa shape index (κ1) is 12.4. The van der Waals surface area contributed by atoms with Crippen molar-refractivity contribution < 1.29 is 0 Å². The predicted molar refractivity (Wildman–Crippen MR) is 78.8 cm³/mol. The van der Waals surface area contributed by atoms with E-state index in [1.807, 2.05) is 36.4 Å². The third kappa shape index (κ3) is 2.40. The average Bonchev–Trinajstić information content (AvgIpc) is 2.90. The van der Waals surface area contributed by atoms with Gasteiger partial charge in [0.15, 0.2) is 5.70 Å². The van der Waals surface area contributed by atoms with E-state index in [0.29, 0.717) is 10.7 Å². The van der Waals surface area contributed by atoms with Gasteiger partial charge in [0, 0.05) is 5.02 Å². The average molecular weight is 281 g/mol. The summed E-state index contributed by atoms with van der Waals surface area (Å²) in [7, 11) is 0. The number of rotatable bonds is 2. The summed E-state index contributed by atoms with van der Waals surface area (Å²) in [5, 5.41) is 18.5. The first-order chi connectivity index (χ1) is 9.76. The van der Waals surface area contributed by atoms with Crippen molar-refractivity contribution in [2.45, 2.75) is 0 Å². The Kier molecular flexibility index (Phi) is 3.20. The van der Waals surface area contributed by atoms with Crippen LogP contribution < -0.4 is 0 Å². The second-order valence-electron chi connectivity index (χ2n) is 4.17. The highest BCUT2D eigenvalue weighted by atomic mass is 35.5. The number of fused-ring (bicyclic) bond motifs is 1. The summed E-state index contributed by atoms with van der Waals surface area (Å²) >= 11 is 5.84. The van der Waals surface area contributed by atoms with E-state index in [2.05, 4.69) is 16.3 Å². The van der Waals surface area contributed by atoms with Gasteiger partial charge in [-0.3, -0.25) is 0 Å². The minimum Gasteiger partial charge on any atom is -0.191 e. The normalized spacial score (nSPS) is 11.5. The molecule has 1 heterocycles. The molecule has 0 N–H and O–H groups in total. The Morgan fingerprint density at radius 3 is 2.20 bits per heavy atom. The van der Waals surface area contributed by atoms with Crippen LogP contribution in [0.4, 0.5) is 0 Å². The fraction of sp³-hybridized carbons (Fsp3) is 0. The van der Waals surface area contributed by atoms with Crippen LogP contribution in [0.3, 0.4) is 0 Å². The van der Waals surface area contributed by atoms with Crippen molar-refractivity contribution >= 4 is 34.4 Å². The second-order valence-corrected chi connectivity index (χ2v) is 4.61. The van der Waals surface area contributed by atoms with Crippen LogP contribution in [0.15, 0.2) is 48.5 Å². The van der Waals surface area contributed by atoms with Crippen LogP contribution in [0.5, 0.6) is 0 Å². The van der Waals surface area contributed by atoms with Crippen LogP contribution in [-0.2, 0) is 0 Å². The van der Waals surface area contributed by atoms with E-state index in [0.717, 1.165) is 16.6 Å². The summed E-state index contributed by atoms with van der Waals surface area (Å²) in [6.07, 6.45) is 1.72. The van der Waals surface area contributed by atoms with E-state index in [1.54, 1.807) is 18.2 Å². The molecule has 0 amide bonds. The molecule has 2 aromatic carbocycles. The molecular formula is C15H9ClN4. The van der Waals surface area contributed by atoms with Crippen LogP contribution in [0.1, 0.15) is 5.56 Å². The molecule has 0 aliphatic rings. The molecule has 0 saturated carbocycles. The van der Waals surface area contributed by atoms with Gasteiger partial charge in [0.2, 0.25) is 0 Å². The van der Waals surface area contributed by atoms with Crippen molar-refractivity contribution in [3.05, 3.63) is 59.1 Å². The number of nitriles is 1. The molecular weight excluding hydrogens is 272 g/mol. The van der Waals surface area contributed by atoms with Crippen LogP contribution >= 0.6 is 11.6 Å². The number of allylic oxidation sites excluding steroid dienone is 1. The highest BCUT2D eigenvalue weighted by Gasteiger charge is 2.06. The summed E-state index contributed by atoms with van der Waals surface area (Å²) in [5.41, 5.74) is 2.73. The fourth-order valence-corrected chi connectivity index (χ4v) is 1.95. The largest absolute Gasteiger partial charge is 0.191 e. The Labute approximate surface area is 120 Å². The molecule has 0 aliphatic heterocycles. The Balaban J connectivity index is 2.05. The quantitative estimate of drug-likeness (QED) is 0.674. The zero-order chi connectivity index (χ0) is 13.9. The summed E-state index contributed by atoms with van der Waals surface area (Å²) in [4.78, 5) is 1.35. The Morgan fingerprint density at radius 1 is 1.05 bits per heavy atom. The molecule has 0 atom stereocenters. The molecule has 0 fully saturated rings. The fourth-order valence-electron chi connectivity index (χ4n) is 1.82. The van der Waals surface area contributed by atoms with Gasteiger partial charge in [0.25, 0.3) is 0 Å². The van der Waals surface area contributed by atoms with Gasteiger partial charge in [0.05, 0.1) is 0 Å². The van der Waals surface area contributed by atoms with Gasteiger partial charge in [-0.25, -0.2) is 0 Å². The van der Waals surface area contributed by atoms with E-state index >= 15 is 0 Å². The summed E-state index contributed by atoms with van der Waals surface area (Å²) in [5.74, 6) is 0. The smallest absolute Gasteiger partial charge is 0.163 e. The van der Waals surface area contributed by atoms with Gasteiger partial charge in [-0.2, -0.15) is 5.26 Å². The highest BCUT2D eigenvalue weighted by Crippen LogP contribution is 2.15. The van der Waals surface area contributed by atoms with Gasteiger partial charge in [-0.15, -0.1) is 15.0 Å². The van der Waals surface area contributed by atoms with Crippen LogP contribution in [0, 0.1) is 11.3 Å². The van der Waals surface area contributed by atoms with Crippen molar-refractivity contribution in [1.82, 2.24) is 15.0 Å². The standard InChI is InChI=1S/C15H9ClN4/c16-12-7-5-11(6-8-12)9-13(10-17)20-18-14-3-1-2-4-15(14)19-20/h1-9H/b13-9-. The lowest BCUT2D eigenvalue weighted by Gasteiger charge is -1.97. The van der Waals surface area contributed by atoms with Crippen LogP contribution in [-0.4, -0.2) is 15.0 Å². The van der Waals surface area contributed by atoms with E-state index in [1.165, 1.54) is 4.80 Å². The van der Waals surface area contributed by atoms with Gasteiger partial charge in [-0.05, 0) is 35.9 Å². The molecule has 0 spiro atoms. The van der Waals surface area contributed by atoms with Crippen LogP contribution in [0.25, 0.3) is 22.8 Å². The molecule has 0 aliphatic carbocycles. The first-order valence-electron chi connectivity index (χ1n) is 5.96. The molecule has 3 aromatic rings. The number of nitrogens with zero attached hydrogens (tertiary/aromatic N) is 4. The van der Waals surface area contributed by atoms with Gasteiger partial charge < -0.3 is 0 Å². The van der Waals surface area contributed by atoms with Crippen molar-refractivity contribution in [3.8, 4) is 6.07 Å². The summed E-state index contributed by atoms with van der Waals surface area (Å²) < 4.78 is 0. The summed E-state index contributed by atoms with van der Waals surface area (Å²) in [6, 6.07) is 16.8. The lowest BCUT2D eigenvalue weighted by Crippen LogP contribution is -1.99. The molecule has 0 bridgehead atoms. The Morgan fingerprint density at radius 2 is 1.65 bits per heavy atom. The van der Waals surface area contributed by atoms with Crippen molar-refractivity contribution in [1.29, 1.82) is 5.26 Å². The predicted octanol–water partition coefficient (Wildman–Crippen LogP) is 3.61. The maximum Gasteiger partial charge on any atom is 0.163 e. The SMILES string of the molecule is N#C/C(=C/c1ccc(Cl)cc1)n1nc2ccccc2n1. The van der Waals surface area contributed by atoms with Crippen molar-refractivity contribution in [2.75, 3.05) is 0 Å². The van der Waals surface area contributed by atoms with Gasteiger partial charge in [-0.1, -0.05) is 35.9 Å². The number of hydrogen-bond acceptors (Lipinski definition) is 3. The van der Waals surface area contributed by atoms with E-state index < -0.39 is 0 Å². The molecule has 3 rings (SSSR count). The molecule has 0 radical (unpaired) electrons. The molecule has 5 heteroatoms. The zero-order valence-corrected chi connectivity index (χ0v) is 11.1. The maximum atomic E-state index is 9.28. The van der Waals surface area contributed by atoms with E-state index in [-0.39, 0.29) is 0 Å². The Bertz CT molecular complexity index is 792.